The van der Waals surface area contributed by atoms with Crippen LogP contribution >= 0.6 is 15.9 Å². The number of amidine groups is 1. The summed E-state index contributed by atoms with van der Waals surface area (Å²) in [5.74, 6) is 0.118. The van der Waals surface area contributed by atoms with Crippen molar-refractivity contribution in [2.75, 3.05) is 14.1 Å². The first-order valence-corrected chi connectivity index (χ1v) is 6.17. The third-order valence-electron chi connectivity index (χ3n) is 2.08. The van der Waals surface area contributed by atoms with E-state index in [1.165, 1.54) is 0 Å². The van der Waals surface area contributed by atoms with Gasteiger partial charge in [-0.25, -0.2) is 4.79 Å². The van der Waals surface area contributed by atoms with Crippen molar-refractivity contribution in [3.63, 3.8) is 0 Å². The maximum absolute atomic E-state index is 11.4. The van der Waals surface area contributed by atoms with E-state index in [1.807, 2.05) is 25.9 Å². The van der Waals surface area contributed by atoms with Gasteiger partial charge in [0.25, 0.3) is 0 Å². The lowest BCUT2D eigenvalue weighted by Gasteiger charge is -2.30. The lowest BCUT2D eigenvalue weighted by Crippen LogP contribution is -2.43. The Morgan fingerprint density at radius 1 is 1.35 bits per heavy atom. The molecule has 2 N–H and O–H groups in total. The van der Waals surface area contributed by atoms with Crippen LogP contribution in [0.25, 0.3) is 0 Å². The van der Waals surface area contributed by atoms with E-state index in [0.29, 0.717) is 6.42 Å². The highest BCUT2D eigenvalue weighted by Crippen LogP contribution is 2.23. The summed E-state index contributed by atoms with van der Waals surface area (Å²) < 4.78 is 4.70. The fourth-order valence-electron chi connectivity index (χ4n) is 0.952. The van der Waals surface area contributed by atoms with Crippen LogP contribution in [0.4, 0.5) is 4.79 Å². The van der Waals surface area contributed by atoms with Crippen LogP contribution in [-0.4, -0.2) is 41.0 Å². The van der Waals surface area contributed by atoms with Gasteiger partial charge in [0, 0.05) is 6.42 Å². The molecule has 0 saturated carbocycles. The summed E-state index contributed by atoms with van der Waals surface area (Å²) in [6.07, 6.45) is -0.219. The van der Waals surface area contributed by atoms with Crippen molar-refractivity contribution in [3.8, 4) is 0 Å². The molecule has 0 saturated heterocycles. The minimum absolute atomic E-state index is 0.118. The smallest absolute Gasteiger partial charge is 0.413 e. The highest BCUT2D eigenvalue weighted by molar-refractivity contribution is 9.10. The molecule has 5 nitrogen and oxygen atoms in total. The molecule has 100 valence electrons. The van der Waals surface area contributed by atoms with E-state index in [0.717, 1.165) is 0 Å². The van der Waals surface area contributed by atoms with Gasteiger partial charge in [0.15, 0.2) is 0 Å². The lowest BCUT2D eigenvalue weighted by molar-refractivity contribution is 0.0561. The van der Waals surface area contributed by atoms with Gasteiger partial charge in [0.2, 0.25) is 0 Å². The first kappa shape index (κ1) is 16.4. The van der Waals surface area contributed by atoms with Gasteiger partial charge >= 0.3 is 6.09 Å². The minimum Gasteiger partial charge on any atom is -0.444 e. The van der Waals surface area contributed by atoms with Gasteiger partial charge in [-0.15, -0.1) is 0 Å². The summed E-state index contributed by atoms with van der Waals surface area (Å²) in [6.45, 7) is 7.28. The van der Waals surface area contributed by atoms with Crippen molar-refractivity contribution in [2.24, 2.45) is 0 Å². The number of hydrogen-bond acceptors (Lipinski definition) is 4. The molecule has 0 aliphatic heterocycles. The van der Waals surface area contributed by atoms with Crippen LogP contribution in [-0.2, 0) is 4.74 Å². The molecular formula is C11H22BrN3O2. The van der Waals surface area contributed by atoms with Gasteiger partial charge in [0.05, 0.1) is 4.45 Å². The van der Waals surface area contributed by atoms with Crippen molar-refractivity contribution in [3.05, 3.63) is 0 Å². The molecule has 0 aromatic rings. The van der Waals surface area contributed by atoms with Crippen LogP contribution in [0.15, 0.2) is 0 Å². The number of halogens is 1. The fourth-order valence-corrected chi connectivity index (χ4v) is 1.23. The van der Waals surface area contributed by atoms with Crippen molar-refractivity contribution in [1.29, 1.82) is 5.41 Å². The SMILES string of the molecule is CN(C)C(C)(Br)CC(=N)NC(=O)OC(C)(C)C. The van der Waals surface area contributed by atoms with E-state index in [1.54, 1.807) is 20.8 Å². The van der Waals surface area contributed by atoms with Gasteiger partial charge in [-0.2, -0.15) is 0 Å². The van der Waals surface area contributed by atoms with E-state index in [2.05, 4.69) is 21.2 Å². The Kier molecular flexibility index (Phi) is 5.61. The van der Waals surface area contributed by atoms with Crippen LogP contribution in [0.3, 0.4) is 0 Å². The average molecular weight is 308 g/mol. The van der Waals surface area contributed by atoms with Gasteiger partial charge in [-0.1, -0.05) is 15.9 Å². The molecule has 17 heavy (non-hydrogen) atoms. The number of amides is 1. The number of hydrogen-bond donors (Lipinski definition) is 2. The summed E-state index contributed by atoms with van der Waals surface area (Å²) in [7, 11) is 3.80. The molecule has 0 bridgehead atoms. The Bertz CT molecular complexity index is 296. The first-order valence-electron chi connectivity index (χ1n) is 5.38. The summed E-state index contributed by atoms with van der Waals surface area (Å²) in [6, 6.07) is 0. The molecule has 0 aromatic heterocycles. The van der Waals surface area contributed by atoms with Gasteiger partial charge in [0.1, 0.15) is 11.4 Å². The van der Waals surface area contributed by atoms with E-state index in [4.69, 9.17) is 10.1 Å². The minimum atomic E-state index is -0.593. The molecule has 0 rings (SSSR count). The third-order valence-corrected chi connectivity index (χ3v) is 3.07. The molecule has 0 spiro atoms. The van der Waals surface area contributed by atoms with Gasteiger partial charge in [-0.3, -0.25) is 15.6 Å². The number of nitrogens with zero attached hydrogens (tertiary/aromatic N) is 1. The van der Waals surface area contributed by atoms with Crippen LogP contribution in [0.1, 0.15) is 34.1 Å². The summed E-state index contributed by atoms with van der Waals surface area (Å²) in [5.41, 5.74) is -0.552. The Labute approximate surface area is 112 Å². The van der Waals surface area contributed by atoms with Crippen LogP contribution in [0, 0.1) is 5.41 Å². The van der Waals surface area contributed by atoms with Crippen LogP contribution in [0.2, 0.25) is 0 Å². The average Bonchev–Trinajstić information content (AvgIpc) is 1.96. The Morgan fingerprint density at radius 3 is 2.18 bits per heavy atom. The molecule has 1 amide bonds. The van der Waals surface area contributed by atoms with Gasteiger partial charge in [-0.05, 0) is 41.8 Å². The largest absolute Gasteiger partial charge is 0.444 e. The highest BCUT2D eigenvalue weighted by atomic mass is 79.9. The molecule has 0 aromatic carbocycles. The van der Waals surface area contributed by atoms with E-state index in [-0.39, 0.29) is 10.3 Å². The molecule has 0 aliphatic carbocycles. The topological polar surface area (TPSA) is 65.4 Å². The highest BCUT2D eigenvalue weighted by Gasteiger charge is 2.26. The Balaban J connectivity index is 4.25. The number of alkyl carbamates (subject to hydrolysis) is 1. The summed E-state index contributed by atoms with van der Waals surface area (Å²) in [5, 5.41) is 10.1. The van der Waals surface area contributed by atoms with Crippen LogP contribution < -0.4 is 5.32 Å². The molecule has 0 fully saturated rings. The molecule has 0 radical (unpaired) electrons. The Hall–Kier alpha value is -0.620. The van der Waals surface area contributed by atoms with Crippen molar-refractivity contribution < 1.29 is 9.53 Å². The predicted octanol–water partition coefficient (Wildman–Crippen LogP) is 2.55. The zero-order valence-electron chi connectivity index (χ0n) is 11.3. The zero-order chi connectivity index (χ0) is 13.9. The number of carbonyl (C=O) groups excluding carboxylic acids is 1. The van der Waals surface area contributed by atoms with E-state index >= 15 is 0 Å². The molecule has 0 heterocycles. The second-order valence-electron chi connectivity index (χ2n) is 5.32. The standard InChI is InChI=1S/C11H22BrN3O2/c1-10(2,3)17-9(16)14-8(13)7-11(4,12)15(5)6/h7H2,1-6H3,(H2,13,14,16). The third kappa shape index (κ3) is 7.33. The summed E-state index contributed by atoms with van der Waals surface area (Å²) in [4.78, 5) is 13.4. The molecule has 1 unspecified atom stereocenters. The fraction of sp³-hybridized carbons (Fsp3) is 0.818. The Morgan fingerprint density at radius 2 is 1.82 bits per heavy atom. The quantitative estimate of drug-likeness (QED) is 0.364. The molecule has 6 heteroatoms. The first-order chi connectivity index (χ1) is 7.44. The van der Waals surface area contributed by atoms with Crippen molar-refractivity contribution in [2.45, 2.75) is 44.2 Å². The van der Waals surface area contributed by atoms with Gasteiger partial charge < -0.3 is 4.74 Å². The van der Waals surface area contributed by atoms with E-state index in [9.17, 15) is 4.79 Å². The van der Waals surface area contributed by atoms with E-state index < -0.39 is 11.7 Å². The monoisotopic (exact) mass is 307 g/mol. The molecule has 1 atom stereocenters. The number of nitrogens with one attached hydrogen (secondary N) is 2. The second kappa shape index (κ2) is 5.82. The number of alkyl halides is 1. The number of carbonyl (C=O) groups is 1. The van der Waals surface area contributed by atoms with Crippen molar-refractivity contribution >= 4 is 27.9 Å². The maximum atomic E-state index is 11.4. The number of ether oxygens (including phenoxy) is 1. The van der Waals surface area contributed by atoms with Crippen molar-refractivity contribution in [1.82, 2.24) is 10.2 Å². The normalized spacial score (nSPS) is 15.3. The number of rotatable bonds is 3. The molecule has 0 aliphatic rings. The molecular weight excluding hydrogens is 286 g/mol. The lowest BCUT2D eigenvalue weighted by atomic mass is 10.2. The van der Waals surface area contributed by atoms with Crippen LogP contribution in [0.5, 0.6) is 0 Å². The maximum Gasteiger partial charge on any atom is 0.413 e. The predicted molar refractivity (Wildman–Crippen MR) is 72.7 cm³/mol. The summed E-state index contributed by atoms with van der Waals surface area (Å²) >= 11 is 3.49. The zero-order valence-corrected chi connectivity index (χ0v) is 12.9. The second-order valence-corrected chi connectivity index (χ2v) is 7.03.